The van der Waals surface area contributed by atoms with Crippen molar-refractivity contribution in [2.45, 2.75) is 13.8 Å². The first kappa shape index (κ1) is 16.8. The summed E-state index contributed by atoms with van der Waals surface area (Å²) in [6.45, 7) is 4.13. The summed E-state index contributed by atoms with van der Waals surface area (Å²) < 4.78 is 2.16. The number of nitrogens with zero attached hydrogens (tertiary/aromatic N) is 3. The van der Waals surface area contributed by atoms with Crippen molar-refractivity contribution in [1.29, 1.82) is 0 Å². The second-order valence-electron chi connectivity index (χ2n) is 6.25. The van der Waals surface area contributed by atoms with E-state index in [2.05, 4.69) is 40.8 Å². The standard InChI is InChI=1S/C20H22N4O/c1-14-5-6-15(2)24(14)18-10-7-16(8-11-18)20(25)22-17-9-12-19(21-13-17)23(3)4/h5-13H,1-4H3,(H,22,25). The summed E-state index contributed by atoms with van der Waals surface area (Å²) in [7, 11) is 3.85. The van der Waals surface area contributed by atoms with Gasteiger partial charge >= 0.3 is 0 Å². The van der Waals surface area contributed by atoms with Crippen molar-refractivity contribution >= 4 is 17.4 Å². The number of pyridine rings is 1. The maximum Gasteiger partial charge on any atom is 0.255 e. The number of amides is 1. The molecule has 0 aliphatic heterocycles. The van der Waals surface area contributed by atoms with Crippen LogP contribution in [-0.4, -0.2) is 29.6 Å². The Morgan fingerprint density at radius 3 is 2.12 bits per heavy atom. The molecule has 3 aromatic rings. The SMILES string of the molecule is Cc1ccc(C)n1-c1ccc(C(=O)Nc2ccc(N(C)C)nc2)cc1. The summed E-state index contributed by atoms with van der Waals surface area (Å²) >= 11 is 0. The Morgan fingerprint density at radius 1 is 0.960 bits per heavy atom. The number of anilines is 2. The zero-order chi connectivity index (χ0) is 18.0. The van der Waals surface area contributed by atoms with Gasteiger partial charge in [-0.05, 0) is 62.4 Å². The fourth-order valence-electron chi connectivity index (χ4n) is 2.77. The highest BCUT2D eigenvalue weighted by Gasteiger charge is 2.09. The maximum absolute atomic E-state index is 12.4. The van der Waals surface area contributed by atoms with Gasteiger partial charge in [0.2, 0.25) is 0 Å². The highest BCUT2D eigenvalue weighted by molar-refractivity contribution is 6.04. The number of benzene rings is 1. The second kappa shape index (κ2) is 6.81. The molecular formula is C20H22N4O. The predicted octanol–water partition coefficient (Wildman–Crippen LogP) is 3.81. The van der Waals surface area contributed by atoms with Crippen LogP contribution >= 0.6 is 0 Å². The summed E-state index contributed by atoms with van der Waals surface area (Å²) in [6.07, 6.45) is 1.66. The Morgan fingerprint density at radius 2 is 1.60 bits per heavy atom. The fourth-order valence-corrected chi connectivity index (χ4v) is 2.77. The summed E-state index contributed by atoms with van der Waals surface area (Å²) in [5.74, 6) is 0.701. The van der Waals surface area contributed by atoms with Gasteiger partial charge in [-0.2, -0.15) is 0 Å². The molecule has 1 aromatic carbocycles. The van der Waals surface area contributed by atoms with Gasteiger partial charge in [-0.15, -0.1) is 0 Å². The van der Waals surface area contributed by atoms with Gasteiger partial charge in [0.15, 0.2) is 0 Å². The average molecular weight is 334 g/mol. The zero-order valence-electron chi connectivity index (χ0n) is 14.9. The molecule has 0 atom stereocenters. The third kappa shape index (κ3) is 3.55. The normalized spacial score (nSPS) is 10.6. The third-order valence-electron chi connectivity index (χ3n) is 4.12. The van der Waals surface area contributed by atoms with Gasteiger partial charge < -0.3 is 14.8 Å². The lowest BCUT2D eigenvalue weighted by atomic mass is 10.2. The summed E-state index contributed by atoms with van der Waals surface area (Å²) in [5, 5.41) is 2.87. The van der Waals surface area contributed by atoms with Crippen LogP contribution in [0.25, 0.3) is 5.69 Å². The number of aromatic nitrogens is 2. The van der Waals surface area contributed by atoms with E-state index in [1.165, 1.54) is 11.4 Å². The van der Waals surface area contributed by atoms with E-state index < -0.39 is 0 Å². The number of hydrogen-bond acceptors (Lipinski definition) is 3. The van der Waals surface area contributed by atoms with Gasteiger partial charge in [-0.25, -0.2) is 4.98 Å². The molecule has 5 nitrogen and oxygen atoms in total. The van der Waals surface area contributed by atoms with Crippen molar-refractivity contribution in [2.75, 3.05) is 24.3 Å². The molecule has 2 heterocycles. The van der Waals surface area contributed by atoms with Crippen LogP contribution in [0.5, 0.6) is 0 Å². The van der Waals surface area contributed by atoms with Crippen LogP contribution in [0, 0.1) is 13.8 Å². The average Bonchev–Trinajstić information content (AvgIpc) is 2.94. The molecule has 0 saturated heterocycles. The molecule has 0 fully saturated rings. The van der Waals surface area contributed by atoms with Crippen LogP contribution < -0.4 is 10.2 Å². The molecule has 3 rings (SSSR count). The molecule has 1 N–H and O–H groups in total. The maximum atomic E-state index is 12.4. The van der Waals surface area contributed by atoms with E-state index in [0.717, 1.165) is 11.5 Å². The van der Waals surface area contributed by atoms with Crippen LogP contribution in [0.2, 0.25) is 0 Å². The van der Waals surface area contributed by atoms with Gasteiger partial charge in [0, 0.05) is 36.7 Å². The van der Waals surface area contributed by atoms with Gasteiger partial charge in [0.05, 0.1) is 11.9 Å². The summed E-state index contributed by atoms with van der Waals surface area (Å²) in [5.41, 5.74) is 4.68. The number of hydrogen-bond donors (Lipinski definition) is 1. The fraction of sp³-hybridized carbons (Fsp3) is 0.200. The van der Waals surface area contributed by atoms with E-state index in [1.807, 2.05) is 55.4 Å². The Balaban J connectivity index is 1.75. The second-order valence-corrected chi connectivity index (χ2v) is 6.25. The predicted molar refractivity (Wildman–Crippen MR) is 102 cm³/mol. The van der Waals surface area contributed by atoms with E-state index in [4.69, 9.17) is 0 Å². The molecule has 1 amide bonds. The van der Waals surface area contributed by atoms with Crippen molar-refractivity contribution < 1.29 is 4.79 Å². The van der Waals surface area contributed by atoms with E-state index in [-0.39, 0.29) is 5.91 Å². The lowest BCUT2D eigenvalue weighted by Gasteiger charge is -2.12. The van der Waals surface area contributed by atoms with Gasteiger partial charge in [-0.3, -0.25) is 4.79 Å². The number of carbonyl (C=O) groups excluding carboxylic acids is 1. The smallest absolute Gasteiger partial charge is 0.255 e. The summed E-state index contributed by atoms with van der Waals surface area (Å²) in [4.78, 5) is 18.6. The lowest BCUT2D eigenvalue weighted by molar-refractivity contribution is 0.102. The Bertz CT molecular complexity index is 858. The van der Waals surface area contributed by atoms with E-state index >= 15 is 0 Å². The van der Waals surface area contributed by atoms with Crippen molar-refractivity contribution in [3.8, 4) is 5.69 Å². The van der Waals surface area contributed by atoms with Crippen LogP contribution in [0.4, 0.5) is 11.5 Å². The minimum atomic E-state index is -0.146. The number of aryl methyl sites for hydroxylation is 2. The molecule has 2 aromatic heterocycles. The summed E-state index contributed by atoms with van der Waals surface area (Å²) in [6, 6.07) is 15.5. The number of nitrogens with one attached hydrogen (secondary N) is 1. The monoisotopic (exact) mass is 334 g/mol. The van der Waals surface area contributed by atoms with Crippen LogP contribution in [0.3, 0.4) is 0 Å². The molecule has 0 bridgehead atoms. The Kier molecular flexibility index (Phi) is 4.57. The lowest BCUT2D eigenvalue weighted by Crippen LogP contribution is -2.13. The van der Waals surface area contributed by atoms with Crippen molar-refractivity contribution in [3.05, 3.63) is 71.7 Å². The Labute approximate surface area is 147 Å². The number of rotatable bonds is 4. The first-order chi connectivity index (χ1) is 12.0. The van der Waals surface area contributed by atoms with Crippen LogP contribution in [-0.2, 0) is 0 Å². The molecule has 0 unspecified atom stereocenters. The van der Waals surface area contributed by atoms with Gasteiger partial charge in [0.25, 0.3) is 5.91 Å². The zero-order valence-corrected chi connectivity index (χ0v) is 14.9. The number of carbonyl (C=O) groups is 1. The van der Waals surface area contributed by atoms with Crippen LogP contribution in [0.1, 0.15) is 21.7 Å². The van der Waals surface area contributed by atoms with E-state index in [0.29, 0.717) is 11.3 Å². The third-order valence-corrected chi connectivity index (χ3v) is 4.12. The molecule has 25 heavy (non-hydrogen) atoms. The molecule has 0 spiro atoms. The minimum Gasteiger partial charge on any atom is -0.363 e. The molecule has 0 aliphatic carbocycles. The van der Waals surface area contributed by atoms with Crippen LogP contribution in [0.15, 0.2) is 54.7 Å². The molecule has 5 heteroatoms. The van der Waals surface area contributed by atoms with Crippen molar-refractivity contribution in [3.63, 3.8) is 0 Å². The van der Waals surface area contributed by atoms with E-state index in [1.54, 1.807) is 6.20 Å². The highest BCUT2D eigenvalue weighted by atomic mass is 16.1. The minimum absolute atomic E-state index is 0.146. The molecular weight excluding hydrogens is 312 g/mol. The Hall–Kier alpha value is -3.08. The molecule has 0 saturated carbocycles. The topological polar surface area (TPSA) is 50.2 Å². The molecule has 0 aliphatic rings. The van der Waals surface area contributed by atoms with Gasteiger partial charge in [-0.1, -0.05) is 0 Å². The quantitative estimate of drug-likeness (QED) is 0.789. The van der Waals surface area contributed by atoms with Gasteiger partial charge in [0.1, 0.15) is 5.82 Å². The first-order valence-corrected chi connectivity index (χ1v) is 8.16. The molecule has 0 radical (unpaired) electrons. The van der Waals surface area contributed by atoms with Crippen molar-refractivity contribution in [2.24, 2.45) is 0 Å². The van der Waals surface area contributed by atoms with Crippen molar-refractivity contribution in [1.82, 2.24) is 9.55 Å². The first-order valence-electron chi connectivity index (χ1n) is 8.16. The highest BCUT2D eigenvalue weighted by Crippen LogP contribution is 2.18. The largest absolute Gasteiger partial charge is 0.363 e. The molecule has 128 valence electrons. The van der Waals surface area contributed by atoms with E-state index in [9.17, 15) is 4.79 Å².